The largest absolute Gasteiger partial charge is 0.314 e. The maximum absolute atomic E-state index is 3.74. The van der Waals surface area contributed by atoms with Gasteiger partial charge in [-0.3, -0.25) is 4.90 Å². The standard InChI is InChI=1S/C15H28N2/c1-3-8-16-12-9-13-4-5-14(10-12)17(13)11-15(2)6-7-15/h12-14,16H,3-11H2,1-2H3. The molecule has 3 rings (SSSR count). The molecular weight excluding hydrogens is 208 g/mol. The number of rotatable bonds is 5. The maximum Gasteiger partial charge on any atom is 0.0114 e. The molecule has 0 aromatic carbocycles. The number of piperidine rings is 1. The third kappa shape index (κ3) is 2.53. The molecule has 2 saturated heterocycles. The van der Waals surface area contributed by atoms with E-state index in [1.165, 1.54) is 58.0 Å². The van der Waals surface area contributed by atoms with Crippen molar-refractivity contribution >= 4 is 0 Å². The van der Waals surface area contributed by atoms with E-state index in [-0.39, 0.29) is 0 Å². The second-order valence-electron chi connectivity index (χ2n) is 6.99. The first-order chi connectivity index (χ1) is 8.20. The van der Waals surface area contributed by atoms with Gasteiger partial charge in [-0.05, 0) is 56.9 Å². The number of nitrogens with zero attached hydrogens (tertiary/aromatic N) is 1. The number of hydrogen-bond donors (Lipinski definition) is 1. The first-order valence-electron chi connectivity index (χ1n) is 7.69. The van der Waals surface area contributed by atoms with Gasteiger partial charge in [-0.2, -0.15) is 0 Å². The molecule has 2 unspecified atom stereocenters. The zero-order valence-electron chi connectivity index (χ0n) is 11.5. The first-order valence-corrected chi connectivity index (χ1v) is 7.69. The van der Waals surface area contributed by atoms with E-state index in [0.717, 1.165) is 18.1 Å². The summed E-state index contributed by atoms with van der Waals surface area (Å²) in [7, 11) is 0. The Balaban J connectivity index is 1.56. The topological polar surface area (TPSA) is 15.3 Å². The van der Waals surface area contributed by atoms with Gasteiger partial charge >= 0.3 is 0 Å². The van der Waals surface area contributed by atoms with Crippen molar-refractivity contribution in [3.63, 3.8) is 0 Å². The fourth-order valence-corrected chi connectivity index (χ4v) is 3.86. The van der Waals surface area contributed by atoms with E-state index in [2.05, 4.69) is 24.1 Å². The normalized spacial score (nSPS) is 39.5. The van der Waals surface area contributed by atoms with E-state index in [1.54, 1.807) is 0 Å². The zero-order chi connectivity index (χ0) is 11.9. The summed E-state index contributed by atoms with van der Waals surface area (Å²) in [5, 5.41) is 3.74. The Morgan fingerprint density at radius 2 is 1.82 bits per heavy atom. The Morgan fingerprint density at radius 3 is 2.35 bits per heavy atom. The van der Waals surface area contributed by atoms with Crippen molar-refractivity contribution in [2.75, 3.05) is 13.1 Å². The van der Waals surface area contributed by atoms with Crippen LogP contribution in [0.25, 0.3) is 0 Å². The first kappa shape index (κ1) is 12.0. The van der Waals surface area contributed by atoms with E-state index in [1.807, 2.05) is 0 Å². The lowest BCUT2D eigenvalue weighted by Gasteiger charge is -2.40. The lowest BCUT2D eigenvalue weighted by Crippen LogP contribution is -2.50. The van der Waals surface area contributed by atoms with Crippen LogP contribution in [0.15, 0.2) is 0 Å². The molecule has 2 heterocycles. The van der Waals surface area contributed by atoms with Crippen molar-refractivity contribution < 1.29 is 0 Å². The fraction of sp³-hybridized carbons (Fsp3) is 1.00. The van der Waals surface area contributed by atoms with Crippen LogP contribution in [0.2, 0.25) is 0 Å². The van der Waals surface area contributed by atoms with Gasteiger partial charge in [-0.25, -0.2) is 0 Å². The Kier molecular flexibility index (Phi) is 3.20. The predicted octanol–water partition coefficient (Wildman–Crippen LogP) is 2.78. The summed E-state index contributed by atoms with van der Waals surface area (Å²) in [6.45, 7) is 7.35. The molecule has 17 heavy (non-hydrogen) atoms. The summed E-state index contributed by atoms with van der Waals surface area (Å²) in [6.07, 6.45) is 9.96. The third-order valence-electron chi connectivity index (χ3n) is 5.24. The lowest BCUT2D eigenvalue weighted by atomic mass is 9.95. The smallest absolute Gasteiger partial charge is 0.0114 e. The summed E-state index contributed by atoms with van der Waals surface area (Å²) >= 11 is 0. The van der Waals surface area contributed by atoms with Crippen LogP contribution in [0.4, 0.5) is 0 Å². The fourth-order valence-electron chi connectivity index (χ4n) is 3.86. The van der Waals surface area contributed by atoms with Gasteiger partial charge in [0.15, 0.2) is 0 Å². The molecule has 1 N–H and O–H groups in total. The van der Waals surface area contributed by atoms with Gasteiger partial charge < -0.3 is 5.32 Å². The molecule has 2 atom stereocenters. The van der Waals surface area contributed by atoms with Crippen LogP contribution >= 0.6 is 0 Å². The molecule has 3 fully saturated rings. The highest BCUT2D eigenvalue weighted by atomic mass is 15.2. The van der Waals surface area contributed by atoms with Crippen LogP contribution in [0, 0.1) is 5.41 Å². The zero-order valence-corrected chi connectivity index (χ0v) is 11.5. The van der Waals surface area contributed by atoms with Crippen molar-refractivity contribution in [3.8, 4) is 0 Å². The van der Waals surface area contributed by atoms with Gasteiger partial charge in [-0.15, -0.1) is 0 Å². The van der Waals surface area contributed by atoms with Gasteiger partial charge in [0.25, 0.3) is 0 Å². The summed E-state index contributed by atoms with van der Waals surface area (Å²) in [5.74, 6) is 0. The highest BCUT2D eigenvalue weighted by Gasteiger charge is 2.46. The van der Waals surface area contributed by atoms with E-state index in [4.69, 9.17) is 0 Å². The Bertz CT molecular complexity index is 258. The number of nitrogens with one attached hydrogen (secondary N) is 1. The van der Waals surface area contributed by atoms with E-state index < -0.39 is 0 Å². The molecule has 2 bridgehead atoms. The van der Waals surface area contributed by atoms with Crippen molar-refractivity contribution in [3.05, 3.63) is 0 Å². The van der Waals surface area contributed by atoms with E-state index in [9.17, 15) is 0 Å². The van der Waals surface area contributed by atoms with Crippen LogP contribution < -0.4 is 5.32 Å². The molecule has 0 amide bonds. The van der Waals surface area contributed by atoms with Crippen molar-refractivity contribution in [2.45, 2.75) is 76.9 Å². The van der Waals surface area contributed by atoms with Crippen molar-refractivity contribution in [1.29, 1.82) is 0 Å². The summed E-state index contributed by atoms with van der Waals surface area (Å²) < 4.78 is 0. The quantitative estimate of drug-likeness (QED) is 0.789. The van der Waals surface area contributed by atoms with Crippen molar-refractivity contribution in [2.24, 2.45) is 5.41 Å². The van der Waals surface area contributed by atoms with Crippen molar-refractivity contribution in [1.82, 2.24) is 10.2 Å². The van der Waals surface area contributed by atoms with Crippen LogP contribution in [0.5, 0.6) is 0 Å². The number of hydrogen-bond acceptors (Lipinski definition) is 2. The third-order valence-corrected chi connectivity index (χ3v) is 5.24. The molecule has 0 aromatic heterocycles. The van der Waals surface area contributed by atoms with Gasteiger partial charge in [-0.1, -0.05) is 13.8 Å². The minimum absolute atomic E-state index is 0.699. The highest BCUT2D eigenvalue weighted by Crippen LogP contribution is 2.48. The second kappa shape index (κ2) is 4.55. The molecule has 1 aliphatic carbocycles. The molecule has 0 spiro atoms. The number of fused-ring (bicyclic) bond motifs is 2. The molecule has 2 nitrogen and oxygen atoms in total. The molecule has 98 valence electrons. The minimum atomic E-state index is 0.699. The molecule has 0 radical (unpaired) electrons. The molecule has 2 heteroatoms. The Morgan fingerprint density at radius 1 is 1.18 bits per heavy atom. The second-order valence-corrected chi connectivity index (χ2v) is 6.99. The summed E-state index contributed by atoms with van der Waals surface area (Å²) in [4.78, 5) is 2.87. The Labute approximate surface area is 106 Å². The van der Waals surface area contributed by atoms with Crippen LogP contribution in [-0.2, 0) is 0 Å². The minimum Gasteiger partial charge on any atom is -0.314 e. The molecule has 0 aromatic rings. The average Bonchev–Trinajstić information content (AvgIpc) is 2.99. The predicted molar refractivity (Wildman–Crippen MR) is 72.2 cm³/mol. The Hall–Kier alpha value is -0.0800. The molecule has 2 aliphatic heterocycles. The summed E-state index contributed by atoms with van der Waals surface area (Å²) in [6, 6.07) is 2.62. The molecular formula is C15H28N2. The van der Waals surface area contributed by atoms with Crippen LogP contribution in [-0.4, -0.2) is 36.1 Å². The van der Waals surface area contributed by atoms with E-state index >= 15 is 0 Å². The monoisotopic (exact) mass is 236 g/mol. The summed E-state index contributed by atoms with van der Waals surface area (Å²) in [5.41, 5.74) is 0.699. The SMILES string of the molecule is CCCNC1CC2CCC(C1)N2CC1(C)CC1. The van der Waals surface area contributed by atoms with Gasteiger partial charge in [0.1, 0.15) is 0 Å². The molecule has 3 aliphatic rings. The van der Waals surface area contributed by atoms with Gasteiger partial charge in [0, 0.05) is 24.7 Å². The average molecular weight is 236 g/mol. The maximum atomic E-state index is 3.74. The van der Waals surface area contributed by atoms with Gasteiger partial charge in [0.05, 0.1) is 0 Å². The highest BCUT2D eigenvalue weighted by molar-refractivity contribution is 5.02. The van der Waals surface area contributed by atoms with Crippen LogP contribution in [0.1, 0.15) is 58.8 Å². The van der Waals surface area contributed by atoms with E-state index in [0.29, 0.717) is 5.41 Å². The lowest BCUT2D eigenvalue weighted by molar-refractivity contribution is 0.0956. The van der Waals surface area contributed by atoms with Crippen LogP contribution in [0.3, 0.4) is 0 Å². The van der Waals surface area contributed by atoms with Gasteiger partial charge in [0.2, 0.25) is 0 Å². The molecule has 1 saturated carbocycles.